The standard InChI is InChI=1S/C24H23F3N4O3/c1-14(15-4-3-5-16(8-15)24(25,26)27)29-23-18-9-21(34-17-6-7-33-12-17)20(32-2)10-19(18)31-13-28-11-22(31)30-23/h3-5,8-11,13-14,17H,6-7,12H2,1-2H3,(H,29,30)/t14-,17+/m1/s1. The summed E-state index contributed by atoms with van der Waals surface area (Å²) in [5.74, 6) is 1.60. The number of nitrogens with one attached hydrogen (secondary N) is 1. The molecule has 0 bridgehead atoms. The van der Waals surface area contributed by atoms with Crippen molar-refractivity contribution in [3.8, 4) is 11.5 Å². The fourth-order valence-corrected chi connectivity index (χ4v) is 4.09. The number of alkyl halides is 3. The van der Waals surface area contributed by atoms with E-state index in [9.17, 15) is 13.2 Å². The minimum absolute atomic E-state index is 0.0864. The molecular weight excluding hydrogens is 449 g/mol. The smallest absolute Gasteiger partial charge is 0.416 e. The zero-order valence-corrected chi connectivity index (χ0v) is 18.6. The lowest BCUT2D eigenvalue weighted by Crippen LogP contribution is -2.16. The molecule has 0 aliphatic carbocycles. The van der Waals surface area contributed by atoms with E-state index in [1.807, 2.05) is 16.5 Å². The first-order chi connectivity index (χ1) is 16.3. The first-order valence-corrected chi connectivity index (χ1v) is 10.9. The number of anilines is 1. The Bertz CT molecular complexity index is 1330. The van der Waals surface area contributed by atoms with Crippen molar-refractivity contribution in [2.75, 3.05) is 25.6 Å². The van der Waals surface area contributed by atoms with Crippen LogP contribution < -0.4 is 14.8 Å². The number of rotatable bonds is 6. The van der Waals surface area contributed by atoms with Crippen molar-refractivity contribution < 1.29 is 27.4 Å². The van der Waals surface area contributed by atoms with Crippen LogP contribution in [0, 0.1) is 0 Å². The average molecular weight is 472 g/mol. The summed E-state index contributed by atoms with van der Waals surface area (Å²) in [5, 5.41) is 4.00. The minimum Gasteiger partial charge on any atom is -0.493 e. The third-order valence-corrected chi connectivity index (χ3v) is 5.89. The molecule has 1 N–H and O–H groups in total. The first-order valence-electron chi connectivity index (χ1n) is 10.9. The molecule has 0 saturated carbocycles. The van der Waals surface area contributed by atoms with E-state index in [4.69, 9.17) is 14.2 Å². The van der Waals surface area contributed by atoms with E-state index in [-0.39, 0.29) is 6.10 Å². The summed E-state index contributed by atoms with van der Waals surface area (Å²) in [7, 11) is 1.57. The second-order valence-electron chi connectivity index (χ2n) is 8.20. The maximum absolute atomic E-state index is 13.2. The van der Waals surface area contributed by atoms with Gasteiger partial charge in [0.1, 0.15) is 18.2 Å². The normalized spacial score (nSPS) is 17.3. The number of nitrogens with zero attached hydrogens (tertiary/aromatic N) is 3. The molecule has 178 valence electrons. The van der Waals surface area contributed by atoms with E-state index in [1.165, 1.54) is 6.07 Å². The van der Waals surface area contributed by atoms with Gasteiger partial charge in [0.25, 0.3) is 0 Å². The molecule has 0 radical (unpaired) electrons. The quantitative estimate of drug-likeness (QED) is 0.413. The van der Waals surface area contributed by atoms with Gasteiger partial charge in [0, 0.05) is 23.9 Å². The molecule has 3 heterocycles. The third kappa shape index (κ3) is 4.21. The van der Waals surface area contributed by atoms with E-state index in [0.717, 1.165) is 29.5 Å². The van der Waals surface area contributed by atoms with E-state index in [0.29, 0.717) is 41.7 Å². The fourth-order valence-electron chi connectivity index (χ4n) is 4.09. The van der Waals surface area contributed by atoms with Crippen LogP contribution in [0.25, 0.3) is 16.6 Å². The number of methoxy groups -OCH3 is 1. The van der Waals surface area contributed by atoms with Gasteiger partial charge in [-0.2, -0.15) is 13.2 Å². The Hall–Kier alpha value is -3.53. The number of hydrogen-bond acceptors (Lipinski definition) is 6. The lowest BCUT2D eigenvalue weighted by molar-refractivity contribution is -0.137. The molecule has 10 heteroatoms. The highest BCUT2D eigenvalue weighted by molar-refractivity contribution is 5.94. The van der Waals surface area contributed by atoms with E-state index >= 15 is 0 Å². The summed E-state index contributed by atoms with van der Waals surface area (Å²) in [4.78, 5) is 8.86. The van der Waals surface area contributed by atoms with Crippen molar-refractivity contribution in [3.05, 3.63) is 60.0 Å². The van der Waals surface area contributed by atoms with Crippen molar-refractivity contribution >= 4 is 22.4 Å². The predicted octanol–water partition coefficient (Wildman–Crippen LogP) is 5.25. The highest BCUT2D eigenvalue weighted by Gasteiger charge is 2.31. The number of imidazole rings is 1. The van der Waals surface area contributed by atoms with Crippen molar-refractivity contribution in [2.45, 2.75) is 31.7 Å². The fraction of sp³-hybridized carbons (Fsp3) is 0.333. The number of aromatic nitrogens is 3. The van der Waals surface area contributed by atoms with Crippen LogP contribution in [0.2, 0.25) is 0 Å². The summed E-state index contributed by atoms with van der Waals surface area (Å²) in [6.07, 6.45) is -0.458. The molecule has 2 atom stereocenters. The Morgan fingerprint density at radius 2 is 2.06 bits per heavy atom. The molecule has 4 aromatic rings. The van der Waals surface area contributed by atoms with Crippen molar-refractivity contribution in [3.63, 3.8) is 0 Å². The molecule has 1 aliphatic heterocycles. The van der Waals surface area contributed by atoms with Crippen LogP contribution in [0.15, 0.2) is 48.9 Å². The zero-order valence-electron chi connectivity index (χ0n) is 18.6. The number of halogens is 3. The summed E-state index contributed by atoms with van der Waals surface area (Å²) >= 11 is 0. The minimum atomic E-state index is -4.41. The van der Waals surface area contributed by atoms with Gasteiger partial charge in [-0.1, -0.05) is 12.1 Å². The Labute approximate surface area is 193 Å². The molecule has 0 amide bonds. The molecule has 1 aliphatic rings. The van der Waals surface area contributed by atoms with Crippen LogP contribution in [-0.2, 0) is 10.9 Å². The van der Waals surface area contributed by atoms with Gasteiger partial charge in [0.2, 0.25) is 0 Å². The Balaban J connectivity index is 1.57. The zero-order chi connectivity index (χ0) is 23.9. The molecule has 2 aromatic heterocycles. The van der Waals surface area contributed by atoms with E-state index in [2.05, 4.69) is 15.3 Å². The van der Waals surface area contributed by atoms with Gasteiger partial charge in [0.05, 0.1) is 37.6 Å². The molecule has 0 spiro atoms. The maximum Gasteiger partial charge on any atom is 0.416 e. The van der Waals surface area contributed by atoms with Gasteiger partial charge < -0.3 is 19.5 Å². The van der Waals surface area contributed by atoms with Crippen molar-refractivity contribution in [1.82, 2.24) is 14.4 Å². The van der Waals surface area contributed by atoms with Crippen LogP contribution in [0.4, 0.5) is 19.0 Å². The topological polar surface area (TPSA) is 69.9 Å². The average Bonchev–Trinajstić information content (AvgIpc) is 3.50. The highest BCUT2D eigenvalue weighted by Crippen LogP contribution is 2.38. The van der Waals surface area contributed by atoms with Crippen molar-refractivity contribution in [2.24, 2.45) is 0 Å². The van der Waals surface area contributed by atoms with Crippen molar-refractivity contribution in [1.29, 1.82) is 0 Å². The van der Waals surface area contributed by atoms with Gasteiger partial charge in [-0.15, -0.1) is 0 Å². The monoisotopic (exact) mass is 472 g/mol. The van der Waals surface area contributed by atoms with E-state index < -0.39 is 17.8 Å². The molecule has 1 saturated heterocycles. The van der Waals surface area contributed by atoms with Gasteiger partial charge in [-0.3, -0.25) is 4.40 Å². The predicted molar refractivity (Wildman–Crippen MR) is 120 cm³/mol. The van der Waals surface area contributed by atoms with Gasteiger partial charge in [0.15, 0.2) is 17.1 Å². The molecule has 34 heavy (non-hydrogen) atoms. The second kappa shape index (κ2) is 8.68. The van der Waals surface area contributed by atoms with Gasteiger partial charge in [-0.05, 0) is 30.7 Å². The largest absolute Gasteiger partial charge is 0.493 e. The molecular formula is C24H23F3N4O3. The molecule has 0 unspecified atom stereocenters. The maximum atomic E-state index is 13.2. The Morgan fingerprint density at radius 3 is 2.79 bits per heavy atom. The summed E-state index contributed by atoms with van der Waals surface area (Å²) in [6, 6.07) is 8.50. The molecule has 2 aromatic carbocycles. The number of fused-ring (bicyclic) bond motifs is 3. The molecule has 5 rings (SSSR count). The van der Waals surface area contributed by atoms with Crippen LogP contribution in [0.5, 0.6) is 11.5 Å². The van der Waals surface area contributed by atoms with Gasteiger partial charge in [-0.25, -0.2) is 9.97 Å². The van der Waals surface area contributed by atoms with Gasteiger partial charge >= 0.3 is 6.18 Å². The lowest BCUT2D eigenvalue weighted by atomic mass is 10.0. The molecule has 1 fully saturated rings. The van der Waals surface area contributed by atoms with Crippen LogP contribution in [0.1, 0.15) is 30.5 Å². The van der Waals surface area contributed by atoms with Crippen LogP contribution in [-0.4, -0.2) is 40.8 Å². The number of benzene rings is 2. The summed E-state index contributed by atoms with van der Waals surface area (Å²) in [5.41, 5.74) is 1.16. The SMILES string of the molecule is COc1cc2c(cc1O[C@H]1CCOC1)c(N[C@H](C)c1cccc(C(F)(F)F)c1)nc1cncn12. The summed E-state index contributed by atoms with van der Waals surface area (Å²) < 4.78 is 58.6. The van der Waals surface area contributed by atoms with Crippen LogP contribution >= 0.6 is 0 Å². The first kappa shape index (κ1) is 22.3. The second-order valence-corrected chi connectivity index (χ2v) is 8.20. The Kier molecular flexibility index (Phi) is 5.68. The third-order valence-electron chi connectivity index (χ3n) is 5.89. The number of hydrogen-bond donors (Lipinski definition) is 1. The van der Waals surface area contributed by atoms with E-state index in [1.54, 1.807) is 32.6 Å². The summed E-state index contributed by atoms with van der Waals surface area (Å²) in [6.45, 7) is 2.93. The number of ether oxygens (including phenoxy) is 3. The lowest BCUT2D eigenvalue weighted by Gasteiger charge is -2.20. The van der Waals surface area contributed by atoms with Crippen LogP contribution in [0.3, 0.4) is 0 Å². The molecule has 7 nitrogen and oxygen atoms in total. The highest BCUT2D eigenvalue weighted by atomic mass is 19.4. The Morgan fingerprint density at radius 1 is 1.21 bits per heavy atom.